The standard InChI is InChI=1S/C22H25BrN2O4/c1-2-16-3-5-19(18(23)11-16)27-14-22(26)25-9-7-24(8-10-25)13-17-4-6-20-21(12-17)29-15-28-20/h3-6,11-12H,2,7-10,13-15H2,1H3/p+1. The lowest BCUT2D eigenvalue weighted by atomic mass is 10.1. The summed E-state index contributed by atoms with van der Waals surface area (Å²) in [6, 6.07) is 12.1. The van der Waals surface area contributed by atoms with Gasteiger partial charge >= 0.3 is 0 Å². The second-order valence-electron chi connectivity index (χ2n) is 7.40. The van der Waals surface area contributed by atoms with Crippen molar-refractivity contribution in [3.05, 3.63) is 52.0 Å². The Hall–Kier alpha value is -2.25. The maximum Gasteiger partial charge on any atom is 0.260 e. The molecule has 0 atom stereocenters. The normalized spacial score (nSPS) is 16.1. The van der Waals surface area contributed by atoms with Crippen LogP contribution in [0, 0.1) is 0 Å². The number of halogens is 1. The first-order valence-electron chi connectivity index (χ1n) is 10.0. The van der Waals surface area contributed by atoms with Gasteiger partial charge in [-0.25, -0.2) is 0 Å². The number of rotatable bonds is 6. The molecule has 29 heavy (non-hydrogen) atoms. The Bertz CT molecular complexity index is 881. The fourth-order valence-corrected chi connectivity index (χ4v) is 4.24. The summed E-state index contributed by atoms with van der Waals surface area (Å²) in [5, 5.41) is 0. The van der Waals surface area contributed by atoms with Crippen LogP contribution >= 0.6 is 15.9 Å². The third kappa shape index (κ3) is 4.85. The minimum absolute atomic E-state index is 0.0404. The fourth-order valence-electron chi connectivity index (χ4n) is 3.70. The van der Waals surface area contributed by atoms with E-state index in [0.29, 0.717) is 12.5 Å². The molecule has 1 saturated heterocycles. The molecule has 2 aliphatic heterocycles. The van der Waals surface area contributed by atoms with Crippen molar-refractivity contribution < 1.29 is 23.9 Å². The number of ether oxygens (including phenoxy) is 3. The van der Waals surface area contributed by atoms with Crippen molar-refractivity contribution in [3.63, 3.8) is 0 Å². The Balaban J connectivity index is 1.24. The number of aryl methyl sites for hydroxylation is 1. The van der Waals surface area contributed by atoms with Gasteiger partial charge in [0.25, 0.3) is 5.91 Å². The lowest BCUT2D eigenvalue weighted by Gasteiger charge is -2.32. The van der Waals surface area contributed by atoms with Crippen molar-refractivity contribution in [1.29, 1.82) is 0 Å². The van der Waals surface area contributed by atoms with Crippen molar-refractivity contribution >= 4 is 21.8 Å². The number of nitrogens with zero attached hydrogens (tertiary/aromatic N) is 1. The molecule has 1 fully saturated rings. The lowest BCUT2D eigenvalue weighted by molar-refractivity contribution is -0.917. The predicted octanol–water partition coefficient (Wildman–Crippen LogP) is 2.05. The zero-order valence-electron chi connectivity index (χ0n) is 16.6. The number of piperazine rings is 1. The number of hydrogen-bond donors (Lipinski definition) is 1. The molecule has 2 aliphatic rings. The molecule has 2 aromatic carbocycles. The highest BCUT2D eigenvalue weighted by molar-refractivity contribution is 9.10. The average molecular weight is 462 g/mol. The molecule has 0 radical (unpaired) electrons. The molecule has 2 heterocycles. The van der Waals surface area contributed by atoms with E-state index in [-0.39, 0.29) is 12.5 Å². The third-order valence-electron chi connectivity index (χ3n) is 5.47. The van der Waals surface area contributed by atoms with Crippen LogP contribution in [-0.2, 0) is 17.8 Å². The van der Waals surface area contributed by atoms with Crippen molar-refractivity contribution in [2.45, 2.75) is 19.9 Å². The number of quaternary nitrogens is 1. The number of carbonyl (C=O) groups excluding carboxylic acids is 1. The number of hydrogen-bond acceptors (Lipinski definition) is 4. The Morgan fingerprint density at radius 3 is 2.62 bits per heavy atom. The van der Waals surface area contributed by atoms with Crippen LogP contribution in [0.15, 0.2) is 40.9 Å². The van der Waals surface area contributed by atoms with Gasteiger partial charge in [-0.05, 0) is 58.2 Å². The van der Waals surface area contributed by atoms with Gasteiger partial charge in [0.15, 0.2) is 18.1 Å². The summed E-state index contributed by atoms with van der Waals surface area (Å²) in [6.45, 7) is 6.75. The first kappa shape index (κ1) is 20.0. The van der Waals surface area contributed by atoms with Crippen LogP contribution < -0.4 is 19.1 Å². The SMILES string of the molecule is CCc1ccc(OCC(=O)N2CC[NH+](Cc3ccc4c(c3)OCO4)CC2)c(Br)c1. The summed E-state index contributed by atoms with van der Waals surface area (Å²) in [5.74, 6) is 2.39. The summed E-state index contributed by atoms with van der Waals surface area (Å²) < 4.78 is 17.5. The molecule has 0 spiro atoms. The van der Waals surface area contributed by atoms with E-state index in [9.17, 15) is 4.79 Å². The summed E-state index contributed by atoms with van der Waals surface area (Å²) in [6.07, 6.45) is 0.969. The minimum Gasteiger partial charge on any atom is -0.483 e. The molecular weight excluding hydrogens is 436 g/mol. The molecular formula is C22H26BrN2O4+. The largest absolute Gasteiger partial charge is 0.483 e. The van der Waals surface area contributed by atoms with Crippen LogP contribution in [0.3, 0.4) is 0 Å². The van der Waals surface area contributed by atoms with Gasteiger partial charge in [-0.3, -0.25) is 4.79 Å². The molecule has 6 nitrogen and oxygen atoms in total. The van der Waals surface area contributed by atoms with Gasteiger partial charge in [0.1, 0.15) is 12.3 Å². The quantitative estimate of drug-likeness (QED) is 0.714. The molecule has 0 bridgehead atoms. The maximum absolute atomic E-state index is 12.5. The molecule has 4 rings (SSSR count). The first-order chi connectivity index (χ1) is 14.1. The molecule has 1 N–H and O–H groups in total. The molecule has 0 saturated carbocycles. The summed E-state index contributed by atoms with van der Waals surface area (Å²) in [4.78, 5) is 15.9. The topological polar surface area (TPSA) is 52.4 Å². The smallest absolute Gasteiger partial charge is 0.260 e. The van der Waals surface area contributed by atoms with Crippen molar-refractivity contribution in [1.82, 2.24) is 4.90 Å². The lowest BCUT2D eigenvalue weighted by Crippen LogP contribution is -3.13. The Kier molecular flexibility index (Phi) is 6.25. The zero-order chi connectivity index (χ0) is 20.2. The number of fused-ring (bicyclic) bond motifs is 1. The van der Waals surface area contributed by atoms with E-state index in [1.807, 2.05) is 29.2 Å². The fraction of sp³-hybridized carbons (Fsp3) is 0.409. The van der Waals surface area contributed by atoms with Gasteiger partial charge in [0.05, 0.1) is 30.7 Å². The Morgan fingerprint density at radius 2 is 1.86 bits per heavy atom. The van der Waals surface area contributed by atoms with E-state index in [1.165, 1.54) is 16.0 Å². The van der Waals surface area contributed by atoms with Gasteiger partial charge in [-0.1, -0.05) is 13.0 Å². The van der Waals surface area contributed by atoms with Crippen molar-refractivity contribution in [2.24, 2.45) is 0 Å². The maximum atomic E-state index is 12.5. The van der Waals surface area contributed by atoms with Crippen LogP contribution in [0.25, 0.3) is 0 Å². The van der Waals surface area contributed by atoms with Gasteiger partial charge in [-0.15, -0.1) is 0 Å². The molecule has 0 unspecified atom stereocenters. The third-order valence-corrected chi connectivity index (χ3v) is 6.09. The second kappa shape index (κ2) is 9.05. The van der Waals surface area contributed by atoms with E-state index < -0.39 is 0 Å². The van der Waals surface area contributed by atoms with E-state index >= 15 is 0 Å². The second-order valence-corrected chi connectivity index (χ2v) is 8.26. The van der Waals surface area contributed by atoms with Crippen LogP contribution in [0.1, 0.15) is 18.1 Å². The number of amides is 1. The Morgan fingerprint density at radius 1 is 1.10 bits per heavy atom. The van der Waals surface area contributed by atoms with Gasteiger partial charge in [0, 0.05) is 5.56 Å². The molecule has 154 valence electrons. The van der Waals surface area contributed by atoms with Gasteiger partial charge in [0.2, 0.25) is 6.79 Å². The van der Waals surface area contributed by atoms with Gasteiger partial charge in [-0.2, -0.15) is 0 Å². The number of nitrogens with one attached hydrogen (secondary N) is 1. The van der Waals surface area contributed by atoms with E-state index in [0.717, 1.165) is 55.1 Å². The zero-order valence-corrected chi connectivity index (χ0v) is 18.2. The number of carbonyl (C=O) groups is 1. The molecule has 2 aromatic rings. The highest BCUT2D eigenvalue weighted by Crippen LogP contribution is 2.32. The summed E-state index contributed by atoms with van der Waals surface area (Å²) >= 11 is 3.52. The Labute approximate surface area is 179 Å². The van der Waals surface area contributed by atoms with E-state index in [2.05, 4.69) is 35.0 Å². The van der Waals surface area contributed by atoms with E-state index in [1.54, 1.807) is 0 Å². The molecule has 1 amide bonds. The molecule has 0 aromatic heterocycles. The van der Waals surface area contributed by atoms with Crippen LogP contribution in [0.2, 0.25) is 0 Å². The predicted molar refractivity (Wildman–Crippen MR) is 113 cm³/mol. The highest BCUT2D eigenvalue weighted by Gasteiger charge is 2.25. The van der Waals surface area contributed by atoms with Crippen LogP contribution in [0.5, 0.6) is 17.2 Å². The summed E-state index contributed by atoms with van der Waals surface area (Å²) in [5.41, 5.74) is 2.46. The van der Waals surface area contributed by atoms with Crippen molar-refractivity contribution in [2.75, 3.05) is 39.6 Å². The van der Waals surface area contributed by atoms with Gasteiger partial charge < -0.3 is 24.0 Å². The monoisotopic (exact) mass is 461 g/mol. The highest BCUT2D eigenvalue weighted by atomic mass is 79.9. The van der Waals surface area contributed by atoms with E-state index in [4.69, 9.17) is 14.2 Å². The van der Waals surface area contributed by atoms with Crippen molar-refractivity contribution in [3.8, 4) is 17.2 Å². The molecule has 7 heteroatoms. The summed E-state index contributed by atoms with van der Waals surface area (Å²) in [7, 11) is 0. The molecule has 0 aliphatic carbocycles. The van der Waals surface area contributed by atoms with Crippen LogP contribution in [-0.4, -0.2) is 50.4 Å². The first-order valence-corrected chi connectivity index (χ1v) is 10.8. The van der Waals surface area contributed by atoms with Crippen LogP contribution in [0.4, 0.5) is 0 Å². The number of benzene rings is 2. The minimum atomic E-state index is 0.0404. The average Bonchev–Trinajstić information content (AvgIpc) is 3.21.